The number of benzene rings is 3. The van der Waals surface area contributed by atoms with Gasteiger partial charge in [-0.2, -0.15) is 15.1 Å². The minimum atomic E-state index is -0.485. The molecule has 0 aromatic heterocycles. The molecule has 192 valence electrons. The highest BCUT2D eigenvalue weighted by molar-refractivity contribution is 8.27. The molecule has 0 unspecified atom stereocenters. The number of aliphatic imine (C=N–C) groups is 1. The van der Waals surface area contributed by atoms with E-state index in [-0.39, 0.29) is 11.4 Å². The van der Waals surface area contributed by atoms with Crippen LogP contribution in [0.2, 0.25) is 0 Å². The summed E-state index contributed by atoms with van der Waals surface area (Å²) in [7, 11) is 1.55. The van der Waals surface area contributed by atoms with Crippen molar-refractivity contribution in [3.8, 4) is 17.2 Å². The number of hydrazone groups is 1. The second-order valence-electron chi connectivity index (χ2n) is 8.62. The number of nitrogens with zero attached hydrogens (tertiary/aromatic N) is 3. The maximum Gasteiger partial charge on any atom is 0.283 e. The Balaban J connectivity index is 1.29. The monoisotopic (exact) mass is 526 g/mol. The molecule has 38 heavy (non-hydrogen) atoms. The number of nitrogens with one attached hydrogen (secondary N) is 1. The predicted molar refractivity (Wildman–Crippen MR) is 150 cm³/mol. The number of hydrogen-bond donors (Lipinski definition) is 1. The van der Waals surface area contributed by atoms with Crippen molar-refractivity contribution in [2.45, 2.75) is 13.8 Å². The molecule has 0 spiro atoms. The number of para-hydroxylation sites is 1. The summed E-state index contributed by atoms with van der Waals surface area (Å²) in [6.45, 7) is 4.74. The normalized spacial score (nSPS) is 15.8. The third-order valence-electron chi connectivity index (χ3n) is 5.97. The molecule has 0 radical (unpaired) electrons. The first kappa shape index (κ1) is 25.3. The zero-order valence-corrected chi connectivity index (χ0v) is 22.0. The number of thioether (sulfide) groups is 1. The SMILES string of the molecule is COc1cc(/C=C2\C(=N)N3N=C(c4ccccc4)SC3=NC2=O)ccc1OCCOc1c(C)cccc1C. The van der Waals surface area contributed by atoms with Crippen LogP contribution in [0.25, 0.3) is 6.08 Å². The summed E-state index contributed by atoms with van der Waals surface area (Å²) in [6, 6.07) is 21.0. The van der Waals surface area contributed by atoms with Gasteiger partial charge in [0.05, 0.1) is 12.7 Å². The van der Waals surface area contributed by atoms with Gasteiger partial charge in [-0.3, -0.25) is 10.2 Å². The van der Waals surface area contributed by atoms with Crippen molar-refractivity contribution in [1.82, 2.24) is 5.01 Å². The number of amides is 1. The number of methoxy groups -OCH3 is 1. The van der Waals surface area contributed by atoms with Gasteiger partial charge in [-0.1, -0.05) is 54.6 Å². The Labute approximate surface area is 225 Å². The maximum atomic E-state index is 12.8. The summed E-state index contributed by atoms with van der Waals surface area (Å²) in [5, 5.41) is 15.6. The molecular weight excluding hydrogens is 500 g/mol. The Hall–Kier alpha value is -4.37. The Bertz CT molecular complexity index is 1480. The van der Waals surface area contributed by atoms with Crippen LogP contribution in [-0.4, -0.2) is 47.3 Å². The molecule has 3 aromatic carbocycles. The van der Waals surface area contributed by atoms with Crippen LogP contribution in [-0.2, 0) is 4.79 Å². The van der Waals surface area contributed by atoms with Crippen molar-refractivity contribution >= 4 is 39.8 Å². The summed E-state index contributed by atoms with van der Waals surface area (Å²) < 4.78 is 17.3. The Morgan fingerprint density at radius 2 is 1.68 bits per heavy atom. The quantitative estimate of drug-likeness (QED) is 0.310. The summed E-state index contributed by atoms with van der Waals surface area (Å²) in [6.07, 6.45) is 1.61. The van der Waals surface area contributed by atoms with Crippen LogP contribution in [0.1, 0.15) is 22.3 Å². The minimum Gasteiger partial charge on any atom is -0.493 e. The first-order chi connectivity index (χ1) is 18.4. The fourth-order valence-electron chi connectivity index (χ4n) is 4.07. The van der Waals surface area contributed by atoms with Crippen molar-refractivity contribution in [3.63, 3.8) is 0 Å². The molecule has 2 heterocycles. The van der Waals surface area contributed by atoms with Gasteiger partial charge < -0.3 is 14.2 Å². The van der Waals surface area contributed by atoms with Crippen molar-refractivity contribution in [1.29, 1.82) is 5.41 Å². The fourth-order valence-corrected chi connectivity index (χ4v) is 4.97. The largest absolute Gasteiger partial charge is 0.493 e. The topological polar surface area (TPSA) is 96.6 Å². The smallest absolute Gasteiger partial charge is 0.283 e. The van der Waals surface area contributed by atoms with Gasteiger partial charge in [-0.25, -0.2) is 0 Å². The molecule has 8 nitrogen and oxygen atoms in total. The van der Waals surface area contributed by atoms with E-state index >= 15 is 0 Å². The van der Waals surface area contributed by atoms with E-state index in [9.17, 15) is 4.79 Å². The molecule has 0 aliphatic carbocycles. The van der Waals surface area contributed by atoms with Gasteiger partial charge in [-0.15, -0.1) is 0 Å². The lowest BCUT2D eigenvalue weighted by molar-refractivity contribution is -0.114. The van der Waals surface area contributed by atoms with Crippen LogP contribution < -0.4 is 14.2 Å². The second-order valence-corrected chi connectivity index (χ2v) is 9.58. The molecule has 0 saturated carbocycles. The van der Waals surface area contributed by atoms with E-state index in [1.165, 1.54) is 16.8 Å². The average molecular weight is 527 g/mol. The molecule has 0 bridgehead atoms. The lowest BCUT2D eigenvalue weighted by Gasteiger charge is -2.20. The Kier molecular flexibility index (Phi) is 7.28. The molecule has 0 fully saturated rings. The van der Waals surface area contributed by atoms with Crippen LogP contribution in [0.4, 0.5) is 0 Å². The van der Waals surface area contributed by atoms with E-state index in [1.54, 1.807) is 31.4 Å². The highest BCUT2D eigenvalue weighted by atomic mass is 32.2. The predicted octanol–water partition coefficient (Wildman–Crippen LogP) is 5.44. The third kappa shape index (κ3) is 5.19. The van der Waals surface area contributed by atoms with E-state index in [4.69, 9.17) is 19.6 Å². The minimum absolute atomic E-state index is 0.0265. The molecular formula is C29H26N4O4S. The summed E-state index contributed by atoms with van der Waals surface area (Å²) in [5.41, 5.74) is 3.87. The van der Waals surface area contributed by atoms with Crippen molar-refractivity contribution in [3.05, 3.63) is 94.6 Å². The zero-order valence-electron chi connectivity index (χ0n) is 21.2. The first-order valence-corrected chi connectivity index (χ1v) is 12.8. The number of carbonyl (C=O) groups is 1. The van der Waals surface area contributed by atoms with Gasteiger partial charge in [-0.05, 0) is 60.5 Å². The standard InChI is InChI=1S/C29H26N4O4S/c1-18-8-7-9-19(2)25(18)37-15-14-36-23-13-12-20(17-24(23)35-3)16-22-26(30)33-29(31-27(22)34)38-28(32-33)21-10-5-4-6-11-21/h4-13,16-17,30H,14-15H2,1-3H3/b22-16+,30-26?. The number of ether oxygens (including phenoxy) is 3. The lowest BCUT2D eigenvalue weighted by Crippen LogP contribution is -2.35. The molecule has 1 amide bonds. The first-order valence-electron chi connectivity index (χ1n) is 12.0. The van der Waals surface area contributed by atoms with Gasteiger partial charge in [0.25, 0.3) is 5.91 Å². The summed E-state index contributed by atoms with van der Waals surface area (Å²) >= 11 is 1.27. The van der Waals surface area contributed by atoms with Crippen LogP contribution >= 0.6 is 11.8 Å². The van der Waals surface area contributed by atoms with E-state index in [2.05, 4.69) is 10.1 Å². The highest BCUT2D eigenvalue weighted by Gasteiger charge is 2.36. The Morgan fingerprint density at radius 1 is 0.947 bits per heavy atom. The second kappa shape index (κ2) is 10.9. The Morgan fingerprint density at radius 3 is 2.42 bits per heavy atom. The highest BCUT2D eigenvalue weighted by Crippen LogP contribution is 2.33. The molecule has 0 saturated heterocycles. The average Bonchev–Trinajstić information content (AvgIpc) is 3.35. The van der Waals surface area contributed by atoms with Gasteiger partial charge >= 0.3 is 0 Å². The fraction of sp³-hybridized carbons (Fsp3) is 0.172. The molecule has 2 aliphatic rings. The summed E-state index contributed by atoms with van der Waals surface area (Å²) in [4.78, 5) is 17.0. The van der Waals surface area contributed by atoms with Crippen LogP contribution in [0.5, 0.6) is 17.2 Å². The molecule has 2 aliphatic heterocycles. The maximum absolute atomic E-state index is 12.8. The molecule has 0 atom stereocenters. The summed E-state index contributed by atoms with van der Waals surface area (Å²) in [5.74, 6) is 1.42. The molecule has 5 rings (SSSR count). The number of rotatable bonds is 8. The van der Waals surface area contributed by atoms with Crippen LogP contribution in [0, 0.1) is 19.3 Å². The number of amidine groups is 2. The van der Waals surface area contributed by atoms with E-state index in [1.807, 2.05) is 62.4 Å². The zero-order chi connectivity index (χ0) is 26.6. The van der Waals surface area contributed by atoms with Crippen molar-refractivity contribution < 1.29 is 19.0 Å². The van der Waals surface area contributed by atoms with E-state index < -0.39 is 5.91 Å². The number of aryl methyl sites for hydroxylation is 2. The van der Waals surface area contributed by atoms with Crippen molar-refractivity contribution in [2.75, 3.05) is 20.3 Å². The lowest BCUT2D eigenvalue weighted by atomic mass is 10.1. The van der Waals surface area contributed by atoms with Gasteiger partial charge in [0, 0.05) is 5.56 Å². The van der Waals surface area contributed by atoms with Gasteiger partial charge in [0.2, 0.25) is 5.17 Å². The molecule has 1 N–H and O–H groups in total. The number of fused-ring (bicyclic) bond motifs is 1. The van der Waals surface area contributed by atoms with Gasteiger partial charge in [0.1, 0.15) is 24.0 Å². The van der Waals surface area contributed by atoms with E-state index in [0.717, 1.165) is 22.4 Å². The number of carbonyl (C=O) groups excluding carboxylic acids is 1. The number of hydrogen-bond acceptors (Lipinski definition) is 7. The van der Waals surface area contributed by atoms with Crippen LogP contribution in [0.3, 0.4) is 0 Å². The molecule has 9 heteroatoms. The third-order valence-corrected chi connectivity index (χ3v) is 6.93. The van der Waals surface area contributed by atoms with Crippen molar-refractivity contribution in [2.24, 2.45) is 10.1 Å². The molecule has 3 aromatic rings. The van der Waals surface area contributed by atoms with E-state index in [0.29, 0.717) is 40.5 Å². The van der Waals surface area contributed by atoms with Crippen LogP contribution in [0.15, 0.2) is 82.4 Å². The van der Waals surface area contributed by atoms with Gasteiger partial charge in [0.15, 0.2) is 17.3 Å².